The quantitative estimate of drug-likeness (QED) is 0.686. The number of amides is 1. The number of hydrogen-bond donors (Lipinski definition) is 1. The van der Waals surface area contributed by atoms with Gasteiger partial charge in [0.05, 0.1) is 11.9 Å². The van der Waals surface area contributed by atoms with E-state index in [1.807, 2.05) is 69.7 Å². The molecule has 1 fully saturated rings. The first-order chi connectivity index (χ1) is 14.4. The number of piperidine rings is 1. The molecule has 7 heteroatoms. The van der Waals surface area contributed by atoms with Gasteiger partial charge in [-0.25, -0.2) is 19.7 Å². The summed E-state index contributed by atoms with van der Waals surface area (Å²) in [5.41, 5.74) is 2.33. The van der Waals surface area contributed by atoms with E-state index in [-0.39, 0.29) is 6.09 Å². The second-order valence-electron chi connectivity index (χ2n) is 8.59. The van der Waals surface area contributed by atoms with Crippen LogP contribution in [-0.4, -0.2) is 49.6 Å². The molecule has 1 saturated heterocycles. The normalized spacial score (nSPS) is 15.2. The van der Waals surface area contributed by atoms with Gasteiger partial charge in [-0.2, -0.15) is 0 Å². The Morgan fingerprint density at radius 1 is 1.00 bits per heavy atom. The zero-order valence-electron chi connectivity index (χ0n) is 17.6. The highest BCUT2D eigenvalue weighted by molar-refractivity contribution is 5.68. The number of benzene rings is 1. The molecule has 7 nitrogen and oxygen atoms in total. The van der Waals surface area contributed by atoms with Crippen molar-refractivity contribution in [3.8, 4) is 22.6 Å². The van der Waals surface area contributed by atoms with Crippen molar-refractivity contribution < 1.29 is 9.53 Å². The third-order valence-corrected chi connectivity index (χ3v) is 5.12. The molecule has 4 rings (SSSR count). The summed E-state index contributed by atoms with van der Waals surface area (Å²) in [4.78, 5) is 31.0. The summed E-state index contributed by atoms with van der Waals surface area (Å²) < 4.78 is 5.47. The average Bonchev–Trinajstić information content (AvgIpc) is 3.24. The van der Waals surface area contributed by atoms with Gasteiger partial charge in [0.1, 0.15) is 11.4 Å². The fourth-order valence-corrected chi connectivity index (χ4v) is 3.56. The van der Waals surface area contributed by atoms with Crippen LogP contribution in [0.3, 0.4) is 0 Å². The van der Waals surface area contributed by atoms with E-state index >= 15 is 0 Å². The second kappa shape index (κ2) is 8.26. The van der Waals surface area contributed by atoms with Gasteiger partial charge in [-0.1, -0.05) is 30.3 Å². The lowest BCUT2D eigenvalue weighted by Crippen LogP contribution is -2.41. The van der Waals surface area contributed by atoms with Crippen LogP contribution in [0.4, 0.5) is 4.79 Å². The van der Waals surface area contributed by atoms with Crippen molar-refractivity contribution in [2.45, 2.75) is 45.1 Å². The minimum atomic E-state index is -0.470. The van der Waals surface area contributed by atoms with Crippen LogP contribution in [0.2, 0.25) is 0 Å². The zero-order chi connectivity index (χ0) is 21.1. The maximum Gasteiger partial charge on any atom is 0.410 e. The van der Waals surface area contributed by atoms with E-state index in [0.717, 1.165) is 35.5 Å². The van der Waals surface area contributed by atoms with Gasteiger partial charge in [-0.15, -0.1) is 0 Å². The highest BCUT2D eigenvalue weighted by Crippen LogP contribution is 2.28. The van der Waals surface area contributed by atoms with Crippen molar-refractivity contribution in [2.75, 3.05) is 13.1 Å². The Kier molecular flexibility index (Phi) is 5.53. The van der Waals surface area contributed by atoms with Crippen molar-refractivity contribution in [2.24, 2.45) is 0 Å². The van der Waals surface area contributed by atoms with Crippen molar-refractivity contribution >= 4 is 6.09 Å². The molecule has 0 saturated carbocycles. The van der Waals surface area contributed by atoms with Crippen molar-refractivity contribution in [3.05, 3.63) is 54.7 Å². The molecule has 1 N–H and O–H groups in total. The van der Waals surface area contributed by atoms with E-state index in [2.05, 4.69) is 19.9 Å². The zero-order valence-corrected chi connectivity index (χ0v) is 17.6. The largest absolute Gasteiger partial charge is 0.444 e. The van der Waals surface area contributed by atoms with E-state index in [9.17, 15) is 4.79 Å². The predicted octanol–water partition coefficient (Wildman–Crippen LogP) is 4.65. The molecule has 30 heavy (non-hydrogen) atoms. The number of aromatic amines is 1. The number of aromatic nitrogens is 4. The molecule has 1 aromatic carbocycles. The van der Waals surface area contributed by atoms with E-state index in [0.29, 0.717) is 24.8 Å². The van der Waals surface area contributed by atoms with Gasteiger partial charge in [0.2, 0.25) is 0 Å². The van der Waals surface area contributed by atoms with Gasteiger partial charge < -0.3 is 14.6 Å². The van der Waals surface area contributed by atoms with Gasteiger partial charge in [-0.05, 0) is 33.6 Å². The molecule has 2 aromatic heterocycles. The maximum atomic E-state index is 12.2. The molecule has 0 bridgehead atoms. The summed E-state index contributed by atoms with van der Waals surface area (Å²) in [6.07, 6.45) is 6.94. The van der Waals surface area contributed by atoms with E-state index in [4.69, 9.17) is 4.74 Å². The lowest BCUT2D eigenvalue weighted by molar-refractivity contribution is 0.0203. The molecule has 1 amide bonds. The van der Waals surface area contributed by atoms with Crippen LogP contribution in [0.5, 0.6) is 0 Å². The number of nitrogens with zero attached hydrogens (tertiary/aromatic N) is 4. The molecule has 0 atom stereocenters. The molecule has 0 radical (unpaired) electrons. The second-order valence-corrected chi connectivity index (χ2v) is 8.59. The molecule has 3 aromatic rings. The maximum absolute atomic E-state index is 12.2. The number of H-pyrrole nitrogens is 1. The molecule has 0 spiro atoms. The van der Waals surface area contributed by atoms with Gasteiger partial charge in [0.25, 0.3) is 0 Å². The number of carbonyl (C=O) groups is 1. The lowest BCUT2D eigenvalue weighted by Gasteiger charge is -2.32. The number of ether oxygens (including phenoxy) is 1. The van der Waals surface area contributed by atoms with E-state index in [1.165, 1.54) is 0 Å². The lowest BCUT2D eigenvalue weighted by atomic mass is 9.96. The first kappa shape index (κ1) is 20.1. The average molecular weight is 406 g/mol. The monoisotopic (exact) mass is 405 g/mol. The highest BCUT2D eigenvalue weighted by atomic mass is 16.6. The van der Waals surface area contributed by atoms with Gasteiger partial charge >= 0.3 is 6.09 Å². The summed E-state index contributed by atoms with van der Waals surface area (Å²) in [6.45, 7) is 7.00. The number of rotatable bonds is 3. The highest BCUT2D eigenvalue weighted by Gasteiger charge is 2.28. The van der Waals surface area contributed by atoms with Crippen LogP contribution >= 0.6 is 0 Å². The summed E-state index contributed by atoms with van der Waals surface area (Å²) in [7, 11) is 0. The molecule has 0 unspecified atom stereocenters. The predicted molar refractivity (Wildman–Crippen MR) is 115 cm³/mol. The molecule has 3 heterocycles. The standard InChI is InChI=1S/C23H27N5O2/c1-23(2,3)30-22(29)28-11-9-17(10-12-28)21-26-15-19(27-21)18-13-24-20(25-14-18)16-7-5-4-6-8-16/h4-8,13-15,17H,9-12H2,1-3H3,(H,26,27). The Morgan fingerprint density at radius 2 is 1.67 bits per heavy atom. The summed E-state index contributed by atoms with van der Waals surface area (Å²) in [5.74, 6) is 1.94. The third kappa shape index (κ3) is 4.67. The number of hydrogen-bond acceptors (Lipinski definition) is 5. The van der Waals surface area contributed by atoms with Crippen molar-refractivity contribution in [1.82, 2.24) is 24.8 Å². The van der Waals surface area contributed by atoms with Crippen LogP contribution in [0.1, 0.15) is 45.4 Å². The van der Waals surface area contributed by atoms with E-state index < -0.39 is 5.60 Å². The van der Waals surface area contributed by atoms with Crippen LogP contribution in [0, 0.1) is 0 Å². The fourth-order valence-electron chi connectivity index (χ4n) is 3.56. The first-order valence-electron chi connectivity index (χ1n) is 10.3. The fraction of sp³-hybridized carbons (Fsp3) is 0.391. The Hall–Kier alpha value is -3.22. The Labute approximate surface area is 176 Å². The first-order valence-corrected chi connectivity index (χ1v) is 10.3. The smallest absolute Gasteiger partial charge is 0.410 e. The van der Waals surface area contributed by atoms with E-state index in [1.54, 1.807) is 4.90 Å². The van der Waals surface area contributed by atoms with Crippen LogP contribution in [0.25, 0.3) is 22.6 Å². The molecule has 1 aliphatic rings. The third-order valence-electron chi connectivity index (χ3n) is 5.12. The number of likely N-dealkylation sites (tertiary alicyclic amines) is 1. The minimum absolute atomic E-state index is 0.239. The number of carbonyl (C=O) groups excluding carboxylic acids is 1. The molecular weight excluding hydrogens is 378 g/mol. The van der Waals surface area contributed by atoms with Crippen molar-refractivity contribution in [1.29, 1.82) is 0 Å². The van der Waals surface area contributed by atoms with Gasteiger partial charge in [0.15, 0.2) is 5.82 Å². The SMILES string of the molecule is CC(C)(C)OC(=O)N1CCC(c2ncc(-c3cnc(-c4ccccc4)nc3)[nH]2)CC1. The summed E-state index contributed by atoms with van der Waals surface area (Å²) in [5, 5.41) is 0. The van der Waals surface area contributed by atoms with Crippen LogP contribution in [-0.2, 0) is 4.74 Å². The number of imidazole rings is 1. The molecule has 156 valence electrons. The summed E-state index contributed by atoms with van der Waals surface area (Å²) in [6, 6.07) is 9.91. The van der Waals surface area contributed by atoms with Crippen molar-refractivity contribution in [3.63, 3.8) is 0 Å². The Bertz CT molecular complexity index is 984. The Balaban J connectivity index is 1.38. The van der Waals surface area contributed by atoms with Gasteiger partial charge in [0, 0.05) is 42.5 Å². The Morgan fingerprint density at radius 3 is 2.30 bits per heavy atom. The van der Waals surface area contributed by atoms with Crippen LogP contribution in [0.15, 0.2) is 48.9 Å². The van der Waals surface area contributed by atoms with Gasteiger partial charge in [-0.3, -0.25) is 0 Å². The molecular formula is C23H27N5O2. The minimum Gasteiger partial charge on any atom is -0.444 e. The topological polar surface area (TPSA) is 84.0 Å². The molecule has 0 aliphatic carbocycles. The number of nitrogens with one attached hydrogen (secondary N) is 1. The molecule has 1 aliphatic heterocycles. The van der Waals surface area contributed by atoms with Crippen LogP contribution < -0.4 is 0 Å². The summed E-state index contributed by atoms with van der Waals surface area (Å²) >= 11 is 0.